The van der Waals surface area contributed by atoms with Gasteiger partial charge in [-0.05, 0) is 39.0 Å². The van der Waals surface area contributed by atoms with E-state index in [1.807, 2.05) is 0 Å². The van der Waals surface area contributed by atoms with Crippen molar-refractivity contribution in [1.29, 1.82) is 0 Å². The number of aryl methyl sites for hydroxylation is 2. The van der Waals surface area contributed by atoms with Gasteiger partial charge in [-0.25, -0.2) is 4.98 Å². The van der Waals surface area contributed by atoms with Crippen LogP contribution in [0.25, 0.3) is 0 Å². The van der Waals surface area contributed by atoms with Crippen LogP contribution in [0, 0.1) is 19.8 Å². The van der Waals surface area contributed by atoms with Crippen LogP contribution in [0.4, 0.5) is 0 Å². The average Bonchev–Trinajstić information content (AvgIpc) is 2.94. The highest BCUT2D eigenvalue weighted by atomic mass is 32.1. The molecule has 1 heterocycles. The van der Waals surface area contributed by atoms with Gasteiger partial charge in [0.1, 0.15) is 5.01 Å². The summed E-state index contributed by atoms with van der Waals surface area (Å²) in [5.74, 6) is 0.678. The number of rotatable bonds is 3. The molecule has 0 saturated heterocycles. The molecule has 0 spiro atoms. The number of hydrogen-bond acceptors (Lipinski definition) is 3. The Hall–Kier alpha value is -0.410. The van der Waals surface area contributed by atoms with Gasteiger partial charge in [0, 0.05) is 4.88 Å². The highest BCUT2D eigenvalue weighted by Gasteiger charge is 2.44. The smallest absolute Gasteiger partial charge is 0.113 e. The molecule has 1 unspecified atom stereocenters. The normalized spacial score (nSPS) is 20.9. The highest BCUT2D eigenvalue weighted by Crippen LogP contribution is 2.47. The van der Waals surface area contributed by atoms with Crippen molar-refractivity contribution in [1.82, 2.24) is 4.98 Å². The van der Waals surface area contributed by atoms with Crippen LogP contribution in [-0.4, -0.2) is 4.98 Å². The third-order valence-corrected chi connectivity index (χ3v) is 4.58. The summed E-state index contributed by atoms with van der Waals surface area (Å²) in [4.78, 5) is 5.92. The summed E-state index contributed by atoms with van der Waals surface area (Å²) < 4.78 is 0. The number of thiazole rings is 1. The third-order valence-electron chi connectivity index (χ3n) is 3.32. The van der Waals surface area contributed by atoms with Gasteiger partial charge in [0.05, 0.1) is 11.2 Å². The van der Waals surface area contributed by atoms with Gasteiger partial charge in [-0.1, -0.05) is 6.92 Å². The SMILES string of the molecule is CCC(N)(c1nc(C)c(C)s1)C1CC1. The van der Waals surface area contributed by atoms with E-state index in [0.717, 1.165) is 17.1 Å². The molecule has 1 saturated carbocycles. The minimum Gasteiger partial charge on any atom is -0.319 e. The van der Waals surface area contributed by atoms with Crippen LogP contribution < -0.4 is 5.73 Å². The first-order valence-corrected chi connectivity index (χ1v) is 6.13. The van der Waals surface area contributed by atoms with Gasteiger partial charge in [0.15, 0.2) is 0 Å². The van der Waals surface area contributed by atoms with E-state index in [-0.39, 0.29) is 5.54 Å². The fourth-order valence-electron chi connectivity index (χ4n) is 1.88. The van der Waals surface area contributed by atoms with Crippen molar-refractivity contribution in [3.63, 3.8) is 0 Å². The summed E-state index contributed by atoms with van der Waals surface area (Å²) in [7, 11) is 0. The van der Waals surface area contributed by atoms with E-state index in [0.29, 0.717) is 5.92 Å². The zero-order valence-corrected chi connectivity index (χ0v) is 9.95. The third kappa shape index (κ3) is 1.48. The number of aromatic nitrogens is 1. The quantitative estimate of drug-likeness (QED) is 0.833. The van der Waals surface area contributed by atoms with Crippen LogP contribution in [-0.2, 0) is 5.54 Å². The fourth-order valence-corrected chi connectivity index (χ4v) is 3.05. The molecule has 1 aromatic heterocycles. The first-order valence-electron chi connectivity index (χ1n) is 5.31. The molecule has 0 radical (unpaired) electrons. The molecule has 1 atom stereocenters. The highest BCUT2D eigenvalue weighted by molar-refractivity contribution is 7.11. The summed E-state index contributed by atoms with van der Waals surface area (Å²) in [6.45, 7) is 6.36. The zero-order chi connectivity index (χ0) is 10.3. The van der Waals surface area contributed by atoms with Gasteiger partial charge < -0.3 is 5.73 Å². The molecule has 0 bridgehead atoms. The zero-order valence-electron chi connectivity index (χ0n) is 9.13. The number of nitrogens with two attached hydrogens (primary N) is 1. The molecule has 2 rings (SSSR count). The van der Waals surface area contributed by atoms with Gasteiger partial charge in [-0.15, -0.1) is 11.3 Å². The van der Waals surface area contributed by atoms with Crippen LogP contribution in [0.3, 0.4) is 0 Å². The van der Waals surface area contributed by atoms with E-state index in [1.54, 1.807) is 11.3 Å². The molecule has 1 aliphatic carbocycles. The van der Waals surface area contributed by atoms with Gasteiger partial charge in [0.25, 0.3) is 0 Å². The minimum atomic E-state index is -0.135. The second-order valence-electron chi connectivity index (χ2n) is 4.33. The lowest BCUT2D eigenvalue weighted by Gasteiger charge is -2.25. The van der Waals surface area contributed by atoms with Crippen molar-refractivity contribution in [2.75, 3.05) is 0 Å². The summed E-state index contributed by atoms with van der Waals surface area (Å²) in [5.41, 5.74) is 7.47. The molecule has 0 aliphatic heterocycles. The van der Waals surface area contributed by atoms with Crippen LogP contribution in [0.2, 0.25) is 0 Å². The van der Waals surface area contributed by atoms with Gasteiger partial charge >= 0.3 is 0 Å². The summed E-state index contributed by atoms with van der Waals surface area (Å²) >= 11 is 1.78. The lowest BCUT2D eigenvalue weighted by atomic mass is 9.92. The summed E-state index contributed by atoms with van der Waals surface area (Å²) in [6.07, 6.45) is 3.56. The Morgan fingerprint density at radius 1 is 1.50 bits per heavy atom. The van der Waals surface area contributed by atoms with Crippen molar-refractivity contribution < 1.29 is 0 Å². The van der Waals surface area contributed by atoms with Crippen molar-refractivity contribution in [3.8, 4) is 0 Å². The predicted octanol–water partition coefficient (Wildman–Crippen LogP) is 2.73. The molecule has 0 amide bonds. The van der Waals surface area contributed by atoms with Crippen molar-refractivity contribution in [2.24, 2.45) is 11.7 Å². The van der Waals surface area contributed by atoms with E-state index < -0.39 is 0 Å². The van der Waals surface area contributed by atoms with Crippen LogP contribution in [0.1, 0.15) is 41.8 Å². The lowest BCUT2D eigenvalue weighted by Crippen LogP contribution is -2.38. The molecule has 1 aromatic rings. The van der Waals surface area contributed by atoms with E-state index in [9.17, 15) is 0 Å². The molecule has 1 fully saturated rings. The Morgan fingerprint density at radius 3 is 2.50 bits per heavy atom. The standard InChI is InChI=1S/C11H18N2S/c1-4-11(12,9-5-6-9)10-13-7(2)8(3)14-10/h9H,4-6,12H2,1-3H3. The second-order valence-corrected chi connectivity index (χ2v) is 5.53. The Kier molecular flexibility index (Phi) is 2.40. The molecular formula is C11H18N2S. The van der Waals surface area contributed by atoms with E-state index in [4.69, 9.17) is 5.73 Å². The maximum Gasteiger partial charge on any atom is 0.113 e. The Balaban J connectivity index is 2.35. The number of hydrogen-bond donors (Lipinski definition) is 1. The van der Waals surface area contributed by atoms with Crippen molar-refractivity contribution in [3.05, 3.63) is 15.6 Å². The topological polar surface area (TPSA) is 38.9 Å². The van der Waals surface area contributed by atoms with Gasteiger partial charge in [-0.3, -0.25) is 0 Å². The fraction of sp³-hybridized carbons (Fsp3) is 0.727. The Morgan fingerprint density at radius 2 is 2.14 bits per heavy atom. The number of nitrogens with zero attached hydrogens (tertiary/aromatic N) is 1. The van der Waals surface area contributed by atoms with Crippen molar-refractivity contribution in [2.45, 2.75) is 45.6 Å². The first-order chi connectivity index (χ1) is 6.58. The molecule has 78 valence electrons. The Labute approximate surface area is 89.5 Å². The summed E-state index contributed by atoms with van der Waals surface area (Å²) in [5, 5.41) is 1.15. The molecule has 2 nitrogen and oxygen atoms in total. The van der Waals surface area contributed by atoms with E-state index in [1.165, 1.54) is 17.7 Å². The van der Waals surface area contributed by atoms with Crippen LogP contribution >= 0.6 is 11.3 Å². The molecule has 1 aliphatic rings. The van der Waals surface area contributed by atoms with E-state index in [2.05, 4.69) is 25.8 Å². The van der Waals surface area contributed by atoms with Crippen LogP contribution in [0.5, 0.6) is 0 Å². The average molecular weight is 210 g/mol. The molecule has 3 heteroatoms. The van der Waals surface area contributed by atoms with Crippen LogP contribution in [0.15, 0.2) is 0 Å². The minimum absolute atomic E-state index is 0.135. The van der Waals surface area contributed by atoms with E-state index >= 15 is 0 Å². The maximum absolute atomic E-state index is 6.45. The first kappa shape index (κ1) is 10.1. The maximum atomic E-state index is 6.45. The molecule has 0 aromatic carbocycles. The second kappa shape index (κ2) is 3.31. The lowest BCUT2D eigenvalue weighted by molar-refractivity contribution is 0.368. The molecular weight excluding hydrogens is 192 g/mol. The largest absolute Gasteiger partial charge is 0.319 e. The van der Waals surface area contributed by atoms with Gasteiger partial charge in [0.2, 0.25) is 0 Å². The Bertz CT molecular complexity index is 322. The van der Waals surface area contributed by atoms with Crippen molar-refractivity contribution >= 4 is 11.3 Å². The predicted molar refractivity (Wildman–Crippen MR) is 60.5 cm³/mol. The molecule has 2 N–H and O–H groups in total. The molecule has 14 heavy (non-hydrogen) atoms. The van der Waals surface area contributed by atoms with Gasteiger partial charge in [-0.2, -0.15) is 0 Å². The monoisotopic (exact) mass is 210 g/mol. The summed E-state index contributed by atoms with van der Waals surface area (Å²) in [6, 6.07) is 0.